The Balaban J connectivity index is 0.000000292. The average Bonchev–Trinajstić information content (AvgIpc) is 3.80. The van der Waals surface area contributed by atoms with Crippen molar-refractivity contribution in [2.45, 2.75) is 105 Å². The summed E-state index contributed by atoms with van der Waals surface area (Å²) in [5.74, 6) is 0.370. The van der Waals surface area contributed by atoms with E-state index in [-0.39, 0.29) is 19.0 Å². The molecule has 3 aromatic rings. The highest BCUT2D eigenvalue weighted by Gasteiger charge is 2.28. The summed E-state index contributed by atoms with van der Waals surface area (Å²) < 4.78 is 10.7. The second-order valence-electron chi connectivity index (χ2n) is 12.8. The van der Waals surface area contributed by atoms with Crippen LogP contribution in [0.5, 0.6) is 0 Å². The Morgan fingerprint density at radius 1 is 0.958 bits per heavy atom. The maximum atomic E-state index is 9.41. The van der Waals surface area contributed by atoms with Gasteiger partial charge in [-0.3, -0.25) is 4.98 Å². The average molecular weight is 659 g/mol. The van der Waals surface area contributed by atoms with Crippen molar-refractivity contribution in [2.24, 2.45) is 0 Å². The van der Waals surface area contributed by atoms with Crippen LogP contribution in [0.15, 0.2) is 24.8 Å². The standard InChI is InChI=1S/C29H32N4.C9H18O4.CH4O/c1-8-20-18(6)27-14-29-21(9-2)17(5)26(32-29)12-22-15(3)10-24(30-22)19(7)25-11-16(4)23(31-25)13-28(20)33-27;1-2-3-12-9-5-7(11)4-8(6-10)13-9;1-2/h9,11-15,32-33H,2,8,10H2,1,3-7H3;7-11H,2-6H2,1H3;2H,1H3. The van der Waals surface area contributed by atoms with Gasteiger partial charge in [-0.1, -0.05) is 33.4 Å². The Morgan fingerprint density at radius 3 is 2.33 bits per heavy atom. The fraction of sp³-hybridized carbons (Fsp3) is 0.487. The fourth-order valence-corrected chi connectivity index (χ4v) is 6.56. The number of allylic oxidation sites excluding steroid dienone is 1. The van der Waals surface area contributed by atoms with E-state index in [0.29, 0.717) is 25.4 Å². The Morgan fingerprint density at radius 2 is 1.67 bits per heavy atom. The molecule has 3 aliphatic heterocycles. The summed E-state index contributed by atoms with van der Waals surface area (Å²) in [6.07, 6.45) is 6.96. The van der Waals surface area contributed by atoms with Crippen LogP contribution in [0, 0.1) is 20.8 Å². The lowest BCUT2D eigenvalue weighted by Gasteiger charge is -2.31. The smallest absolute Gasteiger partial charge is 0.160 e. The number of aryl methyl sites for hydroxylation is 3. The molecule has 8 bridgehead atoms. The minimum Gasteiger partial charge on any atom is -0.400 e. The van der Waals surface area contributed by atoms with Gasteiger partial charge in [-0.2, -0.15) is 0 Å². The molecule has 9 nitrogen and oxygen atoms in total. The van der Waals surface area contributed by atoms with Crippen LogP contribution in [-0.2, 0) is 22.3 Å². The molecule has 0 saturated carbocycles. The molecule has 1 fully saturated rings. The predicted molar refractivity (Wildman–Crippen MR) is 196 cm³/mol. The van der Waals surface area contributed by atoms with Gasteiger partial charge in [0, 0.05) is 71.5 Å². The number of aliphatic hydroxyl groups excluding tert-OH is 3. The minimum absolute atomic E-state index is 0.0525. The third kappa shape index (κ3) is 8.15. The topological polar surface area (TPSA) is 137 Å². The molecular formula is C39H54N4O5. The summed E-state index contributed by atoms with van der Waals surface area (Å²) in [4.78, 5) is 17.4. The van der Waals surface area contributed by atoms with Crippen molar-refractivity contribution in [3.8, 4) is 0 Å². The number of aliphatic hydroxyl groups is 3. The Kier molecular flexibility index (Phi) is 12.9. The molecule has 6 heterocycles. The quantitative estimate of drug-likeness (QED) is 0.188. The molecule has 0 spiro atoms. The predicted octanol–water partition coefficient (Wildman–Crippen LogP) is 7.23. The first kappa shape index (κ1) is 37.2. The van der Waals surface area contributed by atoms with Crippen LogP contribution in [0.25, 0.3) is 39.8 Å². The number of hydrogen-bond acceptors (Lipinski definition) is 7. The number of H-pyrrole nitrogens is 2. The number of rotatable bonds is 6. The van der Waals surface area contributed by atoms with Crippen LogP contribution >= 0.6 is 0 Å². The molecule has 0 aliphatic carbocycles. The van der Waals surface area contributed by atoms with E-state index >= 15 is 0 Å². The van der Waals surface area contributed by atoms with Crippen molar-refractivity contribution in [2.75, 3.05) is 20.3 Å². The van der Waals surface area contributed by atoms with E-state index in [1.807, 2.05) is 13.0 Å². The molecule has 3 aliphatic rings. The molecule has 4 unspecified atom stereocenters. The minimum atomic E-state index is -0.409. The summed E-state index contributed by atoms with van der Waals surface area (Å²) in [6.45, 7) is 19.8. The second kappa shape index (κ2) is 16.7. The highest BCUT2D eigenvalue weighted by molar-refractivity contribution is 5.86. The van der Waals surface area contributed by atoms with Crippen molar-refractivity contribution in [1.82, 2.24) is 19.9 Å². The number of hydrogen-bond donors (Lipinski definition) is 5. The van der Waals surface area contributed by atoms with Gasteiger partial charge in [0.1, 0.15) is 0 Å². The maximum absolute atomic E-state index is 9.41. The normalized spacial score (nSPS) is 20.3. The van der Waals surface area contributed by atoms with E-state index < -0.39 is 6.10 Å². The number of nitrogens with zero attached hydrogens (tertiary/aromatic N) is 2. The van der Waals surface area contributed by atoms with Crippen molar-refractivity contribution >= 4 is 39.8 Å². The van der Waals surface area contributed by atoms with Crippen molar-refractivity contribution in [1.29, 1.82) is 0 Å². The fourth-order valence-electron chi connectivity index (χ4n) is 6.56. The number of aromatic amines is 2. The van der Waals surface area contributed by atoms with Crippen molar-refractivity contribution in [3.63, 3.8) is 0 Å². The highest BCUT2D eigenvalue weighted by atomic mass is 16.7. The summed E-state index contributed by atoms with van der Waals surface area (Å²) in [7, 11) is 1.00. The third-order valence-electron chi connectivity index (χ3n) is 9.38. The van der Waals surface area contributed by atoms with Gasteiger partial charge in [0.2, 0.25) is 0 Å². The summed E-state index contributed by atoms with van der Waals surface area (Å²) in [5, 5.41) is 25.3. The molecule has 48 heavy (non-hydrogen) atoms. The van der Waals surface area contributed by atoms with Gasteiger partial charge >= 0.3 is 0 Å². The van der Waals surface area contributed by atoms with Crippen molar-refractivity contribution in [3.05, 3.63) is 75.4 Å². The molecule has 5 N–H and O–H groups in total. The van der Waals surface area contributed by atoms with Gasteiger partial charge in [0.15, 0.2) is 6.29 Å². The molecule has 4 atom stereocenters. The largest absolute Gasteiger partial charge is 0.400 e. The zero-order valence-electron chi connectivity index (χ0n) is 29.9. The van der Waals surface area contributed by atoms with Crippen LogP contribution in [-0.4, -0.2) is 74.1 Å². The van der Waals surface area contributed by atoms with Crippen LogP contribution in [0.2, 0.25) is 0 Å². The van der Waals surface area contributed by atoms with E-state index in [1.54, 1.807) is 0 Å². The lowest BCUT2D eigenvalue weighted by Crippen LogP contribution is -2.38. The second-order valence-corrected chi connectivity index (χ2v) is 12.8. The zero-order chi connectivity index (χ0) is 35.1. The van der Waals surface area contributed by atoms with E-state index in [2.05, 4.69) is 82.4 Å². The number of aromatic nitrogens is 4. The first-order valence-corrected chi connectivity index (χ1v) is 17.1. The first-order valence-electron chi connectivity index (χ1n) is 17.1. The SMILES string of the molecule is C=Cc1c(C)c2cc3nc(c(C)c4nc(cc5[nH]c(cc1[nH]2)c(C)c5CC)C(C)=C4)CC3C.CCCOC1CC(O)CC(CO)O1.CO. The molecular weight excluding hydrogens is 604 g/mol. The van der Waals surface area contributed by atoms with Crippen molar-refractivity contribution < 1.29 is 24.8 Å². The molecule has 3 aromatic heterocycles. The van der Waals surface area contributed by atoms with Gasteiger partial charge in [0.25, 0.3) is 0 Å². The lowest BCUT2D eigenvalue weighted by atomic mass is 10.0. The van der Waals surface area contributed by atoms with Gasteiger partial charge in [-0.05, 0) is 99.1 Å². The monoisotopic (exact) mass is 658 g/mol. The van der Waals surface area contributed by atoms with Crippen LogP contribution in [0.1, 0.15) is 103 Å². The lowest BCUT2D eigenvalue weighted by molar-refractivity contribution is -0.221. The number of ether oxygens (including phenoxy) is 2. The van der Waals surface area contributed by atoms with Gasteiger partial charge in [-0.25, -0.2) is 4.98 Å². The molecule has 1 saturated heterocycles. The summed E-state index contributed by atoms with van der Waals surface area (Å²) in [5.41, 5.74) is 16.0. The zero-order valence-corrected chi connectivity index (χ0v) is 29.9. The van der Waals surface area contributed by atoms with E-state index in [9.17, 15) is 5.11 Å². The molecule has 260 valence electrons. The van der Waals surface area contributed by atoms with Gasteiger partial charge in [-0.15, -0.1) is 0 Å². The third-order valence-corrected chi connectivity index (χ3v) is 9.38. The van der Waals surface area contributed by atoms with Crippen LogP contribution in [0.3, 0.4) is 0 Å². The number of nitrogens with one attached hydrogen (secondary N) is 2. The Bertz CT molecular complexity index is 1790. The number of fused-ring (bicyclic) bond motifs is 8. The Labute approximate surface area is 284 Å². The first-order chi connectivity index (χ1) is 23.1. The van der Waals surface area contributed by atoms with Gasteiger partial charge < -0.3 is 34.8 Å². The van der Waals surface area contributed by atoms with Crippen LogP contribution < -0.4 is 0 Å². The highest BCUT2D eigenvalue weighted by Crippen LogP contribution is 2.32. The Hall–Kier alpha value is -3.60. The molecule has 0 aromatic carbocycles. The van der Waals surface area contributed by atoms with E-state index in [0.717, 1.165) is 76.8 Å². The van der Waals surface area contributed by atoms with Gasteiger partial charge in [0.05, 0.1) is 30.2 Å². The maximum Gasteiger partial charge on any atom is 0.160 e. The summed E-state index contributed by atoms with van der Waals surface area (Å²) >= 11 is 0. The summed E-state index contributed by atoms with van der Waals surface area (Å²) in [6, 6.07) is 6.63. The molecule has 6 rings (SSSR count). The van der Waals surface area contributed by atoms with E-state index in [1.165, 1.54) is 27.8 Å². The van der Waals surface area contributed by atoms with Crippen LogP contribution in [0.4, 0.5) is 0 Å². The molecule has 0 radical (unpaired) electrons. The van der Waals surface area contributed by atoms with E-state index in [4.69, 9.17) is 29.7 Å². The molecule has 0 amide bonds. The molecule has 9 heteroatoms.